The quantitative estimate of drug-likeness (QED) is 0.129. The van der Waals surface area contributed by atoms with E-state index >= 15 is 0 Å². The van der Waals surface area contributed by atoms with Crippen molar-refractivity contribution >= 4 is 39.0 Å². The summed E-state index contributed by atoms with van der Waals surface area (Å²) in [6.45, 7) is 0. The number of nitrogens with two attached hydrogens (primary N) is 1. The van der Waals surface area contributed by atoms with E-state index in [2.05, 4.69) is 68.5 Å². The number of allylic oxidation sites excluding steroid dienone is 4. The number of nitrogen functional groups attached to an aromatic ring is 1. The van der Waals surface area contributed by atoms with Crippen LogP contribution in [0.2, 0.25) is 0 Å². The Balaban J connectivity index is 0.000000186. The Morgan fingerprint density at radius 3 is 1.76 bits per heavy atom. The van der Waals surface area contributed by atoms with Crippen molar-refractivity contribution in [2.24, 2.45) is 0 Å². The molecule has 7 heteroatoms. The van der Waals surface area contributed by atoms with E-state index < -0.39 is 0 Å². The van der Waals surface area contributed by atoms with Gasteiger partial charge >= 0.3 is 0 Å². The number of nitrogens with zero attached hydrogens (tertiary/aromatic N) is 4. The molecule has 0 radical (unpaired) electrons. The number of fused-ring (bicyclic) bond motifs is 1. The lowest BCUT2D eigenvalue weighted by Crippen LogP contribution is -2.16. The monoisotopic (exact) mass is 633 g/mol. The molecule has 4 heterocycles. The first-order chi connectivity index (χ1) is 24.0. The van der Waals surface area contributed by atoms with Gasteiger partial charge < -0.3 is 5.73 Å². The van der Waals surface area contributed by atoms with Gasteiger partial charge in [-0.05, 0) is 76.0 Å². The van der Waals surface area contributed by atoms with Crippen LogP contribution in [0.4, 0.5) is 5.69 Å². The number of pyridine rings is 4. The van der Waals surface area contributed by atoms with Gasteiger partial charge in [0.15, 0.2) is 0 Å². The highest BCUT2D eigenvalue weighted by Crippen LogP contribution is 2.32. The van der Waals surface area contributed by atoms with Crippen LogP contribution in [0.5, 0.6) is 0 Å². The van der Waals surface area contributed by atoms with E-state index in [1.165, 1.54) is 21.9 Å². The molecule has 0 bridgehead atoms. The number of hydrogen-bond acceptors (Lipinski definition) is 7. The number of hydrogen-bond donors (Lipinski definition) is 3. The van der Waals surface area contributed by atoms with Crippen molar-refractivity contribution in [3.05, 3.63) is 176 Å². The van der Waals surface area contributed by atoms with Crippen molar-refractivity contribution < 1.29 is 0 Å². The summed E-state index contributed by atoms with van der Waals surface area (Å²) in [5, 5.41) is 19.4. The Morgan fingerprint density at radius 1 is 0.469 bits per heavy atom. The predicted molar refractivity (Wildman–Crippen MR) is 200 cm³/mol. The smallest absolute Gasteiger partial charge is 0.0868 e. The van der Waals surface area contributed by atoms with Crippen molar-refractivity contribution in [2.75, 3.05) is 5.73 Å². The molecule has 4 N–H and O–H groups in total. The lowest BCUT2D eigenvalue weighted by Gasteiger charge is -2.17. The summed E-state index contributed by atoms with van der Waals surface area (Å²) >= 11 is 0. The Morgan fingerprint density at radius 2 is 1.06 bits per heavy atom. The van der Waals surface area contributed by atoms with Gasteiger partial charge in [0.25, 0.3) is 0 Å². The molecule has 0 unspecified atom stereocenters. The SMILES string of the molecule is N=C1C=C(c2cncc(-c3cccnc3)c2)C=C(c2cncc(-c3cccnc3)c2)C1=N.Nc1cccc(-c2cccc3ccccc23)c1. The third-order valence-corrected chi connectivity index (χ3v) is 8.24. The minimum Gasteiger partial charge on any atom is -0.399 e. The fourth-order valence-corrected chi connectivity index (χ4v) is 5.79. The molecule has 3 aromatic carbocycles. The molecule has 49 heavy (non-hydrogen) atoms. The zero-order valence-electron chi connectivity index (χ0n) is 26.5. The first kappa shape index (κ1) is 30.8. The topological polar surface area (TPSA) is 125 Å². The minimum absolute atomic E-state index is 0.149. The minimum atomic E-state index is 0.149. The summed E-state index contributed by atoms with van der Waals surface area (Å²) in [5.41, 5.74) is 16.3. The maximum atomic E-state index is 8.49. The van der Waals surface area contributed by atoms with Crippen LogP contribution in [0.3, 0.4) is 0 Å². The second-order valence-corrected chi connectivity index (χ2v) is 11.5. The predicted octanol–water partition coefficient (Wildman–Crippen LogP) is 9.21. The van der Waals surface area contributed by atoms with Crippen molar-refractivity contribution in [3.8, 4) is 33.4 Å². The molecule has 0 saturated carbocycles. The zero-order valence-corrected chi connectivity index (χ0v) is 26.5. The van der Waals surface area contributed by atoms with Gasteiger partial charge in [-0.1, -0.05) is 66.7 Å². The van der Waals surface area contributed by atoms with Crippen LogP contribution in [-0.2, 0) is 0 Å². The number of aromatic nitrogens is 4. The third kappa shape index (κ3) is 6.82. The van der Waals surface area contributed by atoms with Crippen LogP contribution in [0, 0.1) is 10.8 Å². The molecule has 1 aliphatic carbocycles. The standard InChI is InChI=1S/C26H18N6.C16H13N/c27-25-10-19(22-7-20(13-31-15-22)17-3-1-5-29-11-17)9-24(26(25)28)23-8-21(14-32-16-23)18-4-2-6-30-12-18;17-14-8-3-7-13(11-14)16-10-4-6-12-5-1-2-9-15(12)16/h1-16,27-28H;1-11H,17H2. The molecular weight excluding hydrogens is 603 g/mol. The molecule has 0 saturated heterocycles. The van der Waals surface area contributed by atoms with Gasteiger partial charge in [-0.25, -0.2) is 0 Å². The van der Waals surface area contributed by atoms with Crippen molar-refractivity contribution in [2.45, 2.75) is 0 Å². The summed E-state index contributed by atoms with van der Waals surface area (Å²) < 4.78 is 0. The van der Waals surface area contributed by atoms with Crippen LogP contribution in [0.25, 0.3) is 55.3 Å². The molecule has 234 valence electrons. The molecule has 7 nitrogen and oxygen atoms in total. The van der Waals surface area contributed by atoms with E-state index in [0.29, 0.717) is 5.57 Å². The van der Waals surface area contributed by atoms with E-state index in [1.54, 1.807) is 55.7 Å². The molecule has 0 amide bonds. The largest absolute Gasteiger partial charge is 0.399 e. The molecule has 8 rings (SSSR count). The van der Waals surface area contributed by atoms with E-state index in [9.17, 15) is 0 Å². The number of anilines is 1. The van der Waals surface area contributed by atoms with Gasteiger partial charge in [0, 0.05) is 94.2 Å². The molecule has 0 aliphatic heterocycles. The first-order valence-corrected chi connectivity index (χ1v) is 15.7. The Hall–Kier alpha value is -6.86. The fourth-order valence-electron chi connectivity index (χ4n) is 5.79. The third-order valence-electron chi connectivity index (χ3n) is 8.24. The second-order valence-electron chi connectivity index (χ2n) is 11.5. The molecule has 4 aromatic heterocycles. The number of benzene rings is 3. The lowest BCUT2D eigenvalue weighted by atomic mass is 9.88. The Labute approximate surface area is 284 Å². The number of rotatable bonds is 5. The summed E-state index contributed by atoms with van der Waals surface area (Å²) in [5.74, 6) is 0. The van der Waals surface area contributed by atoms with Crippen LogP contribution >= 0.6 is 0 Å². The van der Waals surface area contributed by atoms with E-state index in [0.717, 1.165) is 44.6 Å². The van der Waals surface area contributed by atoms with E-state index in [-0.39, 0.29) is 11.4 Å². The second kappa shape index (κ2) is 13.9. The average molecular weight is 634 g/mol. The molecule has 0 fully saturated rings. The van der Waals surface area contributed by atoms with Crippen LogP contribution < -0.4 is 5.73 Å². The van der Waals surface area contributed by atoms with Gasteiger partial charge in [0.1, 0.15) is 0 Å². The molecule has 7 aromatic rings. The molecular formula is C42H31N7. The van der Waals surface area contributed by atoms with Gasteiger partial charge in [0.05, 0.1) is 11.4 Å². The highest BCUT2D eigenvalue weighted by molar-refractivity contribution is 6.61. The van der Waals surface area contributed by atoms with Crippen molar-refractivity contribution in [1.82, 2.24) is 19.9 Å². The van der Waals surface area contributed by atoms with Gasteiger partial charge in [-0.2, -0.15) is 0 Å². The van der Waals surface area contributed by atoms with Crippen LogP contribution in [0.15, 0.2) is 165 Å². The lowest BCUT2D eigenvalue weighted by molar-refractivity contribution is 1.28. The van der Waals surface area contributed by atoms with Crippen LogP contribution in [-0.4, -0.2) is 31.4 Å². The van der Waals surface area contributed by atoms with E-state index in [4.69, 9.17) is 16.6 Å². The first-order valence-electron chi connectivity index (χ1n) is 15.7. The summed E-state index contributed by atoms with van der Waals surface area (Å²) in [7, 11) is 0. The van der Waals surface area contributed by atoms with Crippen LogP contribution in [0.1, 0.15) is 11.1 Å². The Kier molecular flexibility index (Phi) is 8.71. The van der Waals surface area contributed by atoms with Gasteiger partial charge in [-0.15, -0.1) is 0 Å². The van der Waals surface area contributed by atoms with Gasteiger partial charge in [0.2, 0.25) is 0 Å². The zero-order chi connectivity index (χ0) is 33.6. The van der Waals surface area contributed by atoms with E-state index in [1.807, 2.05) is 60.7 Å². The summed E-state index contributed by atoms with van der Waals surface area (Å²) in [4.78, 5) is 17.1. The molecule has 1 aliphatic rings. The average Bonchev–Trinajstić information content (AvgIpc) is 3.17. The summed E-state index contributed by atoms with van der Waals surface area (Å²) in [6, 6.07) is 34.5. The summed E-state index contributed by atoms with van der Waals surface area (Å²) in [6.07, 6.45) is 17.7. The molecule has 0 atom stereocenters. The highest BCUT2D eigenvalue weighted by atomic mass is 14.7. The maximum absolute atomic E-state index is 8.49. The van der Waals surface area contributed by atoms with Gasteiger partial charge in [-0.3, -0.25) is 30.8 Å². The number of nitrogens with one attached hydrogen (secondary N) is 2. The van der Waals surface area contributed by atoms with Crippen molar-refractivity contribution in [3.63, 3.8) is 0 Å². The van der Waals surface area contributed by atoms with Crippen molar-refractivity contribution in [1.29, 1.82) is 10.8 Å². The highest BCUT2D eigenvalue weighted by Gasteiger charge is 2.20. The molecule has 0 spiro atoms. The maximum Gasteiger partial charge on any atom is 0.0868 e. The Bertz CT molecular complexity index is 2370. The normalized spacial score (nSPS) is 12.5. The fraction of sp³-hybridized carbons (Fsp3) is 0.